The molecule has 0 saturated carbocycles. The van der Waals surface area contributed by atoms with Gasteiger partial charge in [0.05, 0.1) is 11.4 Å². The summed E-state index contributed by atoms with van der Waals surface area (Å²) in [6.07, 6.45) is 3.46. The second kappa shape index (κ2) is 11.6. The number of benzene rings is 2. The van der Waals surface area contributed by atoms with E-state index in [1.807, 2.05) is 0 Å². The third kappa shape index (κ3) is 6.03. The molecule has 2 fully saturated rings. The van der Waals surface area contributed by atoms with Gasteiger partial charge in [-0.15, -0.1) is 0 Å². The highest BCUT2D eigenvalue weighted by Gasteiger charge is 2.31. The van der Waals surface area contributed by atoms with Gasteiger partial charge in [0.1, 0.15) is 0 Å². The summed E-state index contributed by atoms with van der Waals surface area (Å²) in [6.45, 7) is 26.7. The second-order valence-electron chi connectivity index (χ2n) is 11.3. The first-order valence-electron chi connectivity index (χ1n) is 14.6. The van der Waals surface area contributed by atoms with E-state index in [2.05, 4.69) is 108 Å². The van der Waals surface area contributed by atoms with Crippen molar-refractivity contribution in [1.29, 1.82) is 0 Å². The molecule has 0 amide bonds. The first-order chi connectivity index (χ1) is 18.8. The van der Waals surface area contributed by atoms with Crippen LogP contribution < -0.4 is 20.4 Å². The van der Waals surface area contributed by atoms with Crippen LogP contribution in [0.25, 0.3) is 5.70 Å². The smallest absolute Gasteiger partial charge is 0.0628 e. The standard InChI is InChI=1S/C34H45N5/c1-24-11-7-8-13-32(24)38-19-21-39(22-20-38)33-15-14-30(23-31(33)36-29(6)34-26(3)27(34)4)28(5)35-16-10-18-37-17-9-12-25(37)2/h7-8,11,13-15,23,26,35-36H,2,5-6,9-10,12,16-22H2,1,3-4H3. The van der Waals surface area contributed by atoms with Gasteiger partial charge in [-0.1, -0.05) is 56.5 Å². The van der Waals surface area contributed by atoms with E-state index in [1.54, 1.807) is 0 Å². The van der Waals surface area contributed by atoms with E-state index < -0.39 is 0 Å². The molecular weight excluding hydrogens is 478 g/mol. The number of allylic oxidation sites excluding steroid dienone is 3. The Hall–Kier alpha value is -3.60. The van der Waals surface area contributed by atoms with Crippen molar-refractivity contribution in [1.82, 2.24) is 10.2 Å². The number of piperazine rings is 1. The Labute approximate surface area is 235 Å². The summed E-state index contributed by atoms with van der Waals surface area (Å²) in [4.78, 5) is 7.43. The Kier molecular flexibility index (Phi) is 8.06. The highest BCUT2D eigenvalue weighted by atomic mass is 15.3. The maximum absolute atomic E-state index is 4.39. The molecule has 2 N–H and O–H groups in total. The van der Waals surface area contributed by atoms with E-state index in [-0.39, 0.29) is 0 Å². The lowest BCUT2D eigenvalue weighted by molar-refractivity contribution is 0.386. The van der Waals surface area contributed by atoms with Crippen LogP contribution in [-0.4, -0.2) is 50.7 Å². The fourth-order valence-electron chi connectivity index (χ4n) is 6.09. The van der Waals surface area contributed by atoms with Gasteiger partial charge in [-0.2, -0.15) is 0 Å². The summed E-state index contributed by atoms with van der Waals surface area (Å²) in [5, 5.41) is 7.26. The van der Waals surface area contributed by atoms with Gasteiger partial charge < -0.3 is 25.3 Å². The minimum absolute atomic E-state index is 0.526. The molecule has 2 aromatic rings. The number of para-hydroxylation sites is 1. The molecule has 2 aromatic carbocycles. The van der Waals surface area contributed by atoms with Crippen LogP contribution in [-0.2, 0) is 0 Å². The molecule has 1 unspecified atom stereocenters. The molecule has 5 rings (SSSR count). The predicted octanol–water partition coefficient (Wildman–Crippen LogP) is 6.77. The van der Waals surface area contributed by atoms with Crippen LogP contribution in [0.4, 0.5) is 17.1 Å². The van der Waals surface area contributed by atoms with Crippen molar-refractivity contribution in [2.24, 2.45) is 5.92 Å². The number of rotatable bonds is 11. The van der Waals surface area contributed by atoms with Gasteiger partial charge in [-0.3, -0.25) is 0 Å². The van der Waals surface area contributed by atoms with Crippen molar-refractivity contribution in [3.8, 4) is 0 Å². The molecule has 39 heavy (non-hydrogen) atoms. The fraction of sp³-hybridized carbons (Fsp3) is 0.412. The molecule has 5 nitrogen and oxygen atoms in total. The summed E-state index contributed by atoms with van der Waals surface area (Å²) in [5.41, 5.74) is 12.2. The van der Waals surface area contributed by atoms with Gasteiger partial charge in [-0.05, 0) is 68.0 Å². The van der Waals surface area contributed by atoms with E-state index in [9.17, 15) is 0 Å². The van der Waals surface area contributed by atoms with Gasteiger partial charge in [0, 0.05) is 74.5 Å². The van der Waals surface area contributed by atoms with E-state index in [0.717, 1.165) is 81.3 Å². The zero-order valence-electron chi connectivity index (χ0n) is 24.2. The van der Waals surface area contributed by atoms with Gasteiger partial charge in [0.25, 0.3) is 0 Å². The number of likely N-dealkylation sites (tertiary alicyclic amines) is 1. The van der Waals surface area contributed by atoms with Gasteiger partial charge >= 0.3 is 0 Å². The quantitative estimate of drug-likeness (QED) is 0.318. The van der Waals surface area contributed by atoms with E-state index in [1.165, 1.54) is 40.2 Å². The molecule has 0 aromatic heterocycles. The van der Waals surface area contributed by atoms with Gasteiger partial charge in [-0.25, -0.2) is 0 Å². The SMILES string of the molecule is C=C(Nc1cc(C(=C)NCCCN2CCCC2=C)ccc1N1CCN(c2ccccc2C)CC1)C1=C(C)C1C. The third-order valence-corrected chi connectivity index (χ3v) is 8.74. The molecular formula is C34H45N5. The minimum atomic E-state index is 0.526. The fourth-order valence-corrected chi connectivity index (χ4v) is 6.09. The molecule has 0 spiro atoms. The number of hydrogen-bond donors (Lipinski definition) is 2. The first kappa shape index (κ1) is 27.0. The molecule has 3 aliphatic rings. The number of hydrogen-bond acceptors (Lipinski definition) is 5. The van der Waals surface area contributed by atoms with Crippen molar-refractivity contribution in [2.45, 2.75) is 40.0 Å². The topological polar surface area (TPSA) is 33.8 Å². The predicted molar refractivity (Wildman–Crippen MR) is 168 cm³/mol. The monoisotopic (exact) mass is 523 g/mol. The zero-order chi connectivity index (χ0) is 27.5. The molecule has 206 valence electrons. The number of nitrogens with one attached hydrogen (secondary N) is 2. The van der Waals surface area contributed by atoms with Crippen LogP contribution in [0.3, 0.4) is 0 Å². The maximum atomic E-state index is 4.39. The van der Waals surface area contributed by atoms with Crippen LogP contribution in [0.15, 0.2) is 84.7 Å². The lowest BCUT2D eigenvalue weighted by Crippen LogP contribution is -2.47. The summed E-state index contributed by atoms with van der Waals surface area (Å²) in [7, 11) is 0. The average molecular weight is 524 g/mol. The largest absolute Gasteiger partial charge is 0.385 e. The van der Waals surface area contributed by atoms with Gasteiger partial charge in [0.2, 0.25) is 0 Å². The van der Waals surface area contributed by atoms with Crippen molar-refractivity contribution in [3.63, 3.8) is 0 Å². The minimum Gasteiger partial charge on any atom is -0.385 e. The molecule has 0 bridgehead atoms. The molecule has 0 radical (unpaired) electrons. The Morgan fingerprint density at radius 3 is 2.26 bits per heavy atom. The lowest BCUT2D eigenvalue weighted by Gasteiger charge is -2.39. The Morgan fingerprint density at radius 2 is 1.62 bits per heavy atom. The Morgan fingerprint density at radius 1 is 0.923 bits per heavy atom. The summed E-state index contributed by atoms with van der Waals surface area (Å²) in [6, 6.07) is 15.4. The average Bonchev–Trinajstić information content (AvgIpc) is 3.32. The van der Waals surface area contributed by atoms with E-state index in [0.29, 0.717) is 5.92 Å². The molecule has 2 saturated heterocycles. The van der Waals surface area contributed by atoms with Crippen LogP contribution in [0.2, 0.25) is 0 Å². The Balaban J connectivity index is 1.26. The third-order valence-electron chi connectivity index (χ3n) is 8.74. The molecule has 2 aliphatic heterocycles. The highest BCUT2D eigenvalue weighted by molar-refractivity contribution is 5.79. The number of anilines is 3. The Bertz CT molecular complexity index is 1280. The zero-order valence-corrected chi connectivity index (χ0v) is 24.2. The molecule has 2 heterocycles. The normalized spacial score (nSPS) is 19.0. The van der Waals surface area contributed by atoms with Crippen LogP contribution in [0.1, 0.15) is 44.2 Å². The number of aryl methyl sites for hydroxylation is 1. The summed E-state index contributed by atoms with van der Waals surface area (Å²) in [5.74, 6) is 0.526. The molecule has 1 atom stereocenters. The molecule has 5 heteroatoms. The highest BCUT2D eigenvalue weighted by Crippen LogP contribution is 2.44. The maximum Gasteiger partial charge on any atom is 0.0628 e. The number of nitrogens with zero attached hydrogens (tertiary/aromatic N) is 3. The van der Waals surface area contributed by atoms with Crippen LogP contribution in [0, 0.1) is 12.8 Å². The van der Waals surface area contributed by atoms with Gasteiger partial charge in [0.15, 0.2) is 0 Å². The van der Waals surface area contributed by atoms with E-state index in [4.69, 9.17) is 0 Å². The summed E-state index contributed by atoms with van der Waals surface area (Å²) < 4.78 is 0. The van der Waals surface area contributed by atoms with E-state index >= 15 is 0 Å². The molecule has 1 aliphatic carbocycles. The lowest BCUT2D eigenvalue weighted by atomic mass is 10.1. The second-order valence-corrected chi connectivity index (χ2v) is 11.3. The van der Waals surface area contributed by atoms with Crippen molar-refractivity contribution in [2.75, 3.05) is 60.9 Å². The summed E-state index contributed by atoms with van der Waals surface area (Å²) >= 11 is 0. The van der Waals surface area contributed by atoms with Crippen LogP contribution >= 0.6 is 0 Å². The van der Waals surface area contributed by atoms with Crippen LogP contribution in [0.5, 0.6) is 0 Å². The van der Waals surface area contributed by atoms with Crippen molar-refractivity contribution >= 4 is 22.8 Å². The first-order valence-corrected chi connectivity index (χ1v) is 14.6. The van der Waals surface area contributed by atoms with Crippen molar-refractivity contribution < 1.29 is 0 Å². The van der Waals surface area contributed by atoms with Crippen molar-refractivity contribution in [3.05, 3.63) is 95.9 Å².